The lowest BCUT2D eigenvalue weighted by molar-refractivity contribution is -0.174. The summed E-state index contributed by atoms with van der Waals surface area (Å²) in [6, 6.07) is 1.61. The largest absolute Gasteiger partial charge is 0.508 e. The number of aryl methyl sites for hydroxylation is 1. The third-order valence-corrected chi connectivity index (χ3v) is 16.2. The van der Waals surface area contributed by atoms with Gasteiger partial charge in [-0.1, -0.05) is 109 Å². The first-order valence-corrected chi connectivity index (χ1v) is 28.0. The summed E-state index contributed by atoms with van der Waals surface area (Å²) < 4.78 is 12.8. The van der Waals surface area contributed by atoms with Crippen molar-refractivity contribution in [3.05, 3.63) is 89.6 Å². The molecule has 17 heteroatoms. The first kappa shape index (κ1) is 62.4. The van der Waals surface area contributed by atoms with Gasteiger partial charge in [-0.05, 0) is 106 Å². The number of nitrogens with one attached hydrogen (secondary N) is 4. The molecule has 2 fully saturated rings. The Bertz CT molecular complexity index is 2360. The van der Waals surface area contributed by atoms with Crippen LogP contribution in [0.2, 0.25) is 0 Å². The molecule has 1 unspecified atom stereocenters. The summed E-state index contributed by atoms with van der Waals surface area (Å²) in [5.41, 5.74) is 4.07. The fourth-order valence-electron chi connectivity index (χ4n) is 10.5. The number of hydrogen-bond donors (Lipinski definition) is 8. The fourth-order valence-corrected chi connectivity index (χ4v) is 10.5. The summed E-state index contributed by atoms with van der Waals surface area (Å²) in [5, 5.41) is 54.9. The maximum Gasteiger partial charge on any atom is 0.325 e. The number of aliphatic hydroxyl groups excluding tert-OH is 3. The van der Waals surface area contributed by atoms with Crippen molar-refractivity contribution in [1.82, 2.24) is 26.4 Å². The molecule has 2 bridgehead atoms. The number of phenols is 1. The number of ether oxygens (including phenoxy) is 2. The van der Waals surface area contributed by atoms with Crippen LogP contribution in [0.3, 0.4) is 0 Å². The summed E-state index contributed by atoms with van der Waals surface area (Å²) in [6.45, 7) is 18.4. The van der Waals surface area contributed by atoms with Gasteiger partial charge >= 0.3 is 5.97 Å². The van der Waals surface area contributed by atoms with E-state index in [9.17, 15) is 49.2 Å². The molecule has 77 heavy (non-hydrogen) atoms. The van der Waals surface area contributed by atoms with Crippen molar-refractivity contribution in [2.24, 2.45) is 41.4 Å². The number of carbonyl (C=O) groups is 6. The molecule has 0 saturated carbocycles. The lowest BCUT2D eigenvalue weighted by Crippen LogP contribution is -2.62. The van der Waals surface area contributed by atoms with Crippen LogP contribution in [0.5, 0.6) is 5.75 Å². The van der Waals surface area contributed by atoms with Crippen LogP contribution >= 0.6 is 0 Å². The lowest BCUT2D eigenvalue weighted by Gasteiger charge is -2.48. The van der Waals surface area contributed by atoms with Gasteiger partial charge in [0, 0.05) is 55.9 Å². The monoisotopic (exact) mass is 1070 g/mol. The predicted molar refractivity (Wildman–Crippen MR) is 294 cm³/mol. The van der Waals surface area contributed by atoms with Crippen molar-refractivity contribution < 1.29 is 58.7 Å². The molecule has 1 aromatic rings. The Hall–Kier alpha value is -5.46. The maximum absolute atomic E-state index is 14.6. The molecule has 17 nitrogen and oxygen atoms in total. The number of hydrogen-bond acceptors (Lipinski definition) is 13. The Morgan fingerprint density at radius 2 is 1.73 bits per heavy atom. The molecule has 2 saturated heterocycles. The number of Topliss-reactive ketones (excluding diaryl/α,β-unsaturated/α-hetero) is 1. The smallest absolute Gasteiger partial charge is 0.325 e. The Morgan fingerprint density at radius 1 is 0.987 bits per heavy atom. The van der Waals surface area contributed by atoms with Crippen LogP contribution in [-0.2, 0) is 44.7 Å². The van der Waals surface area contributed by atoms with Crippen molar-refractivity contribution in [3.63, 3.8) is 0 Å². The minimum atomic E-state index is -1.43. The second-order valence-electron chi connectivity index (χ2n) is 22.7. The number of ketones is 1. The van der Waals surface area contributed by atoms with Crippen molar-refractivity contribution >= 4 is 35.4 Å². The number of rotatable bonds is 15. The van der Waals surface area contributed by atoms with E-state index in [0.29, 0.717) is 43.2 Å². The summed E-state index contributed by atoms with van der Waals surface area (Å²) in [6.07, 6.45) is 16.3. The van der Waals surface area contributed by atoms with E-state index in [4.69, 9.17) is 9.47 Å². The predicted octanol–water partition coefficient (Wildman–Crippen LogP) is 6.27. The van der Waals surface area contributed by atoms with Crippen LogP contribution in [0.25, 0.3) is 0 Å². The van der Waals surface area contributed by atoms with Gasteiger partial charge in [0.05, 0.1) is 30.3 Å². The zero-order valence-corrected chi connectivity index (χ0v) is 47.1. The number of piperidine rings is 1. The number of allylic oxidation sites excluding steroid dienone is 5. The number of phenolic OH excluding ortho intramolecular Hbond substituents is 1. The average Bonchev–Trinajstić information content (AvgIpc) is 3.40. The van der Waals surface area contributed by atoms with Crippen LogP contribution in [-0.4, -0.2) is 122 Å². The third kappa shape index (κ3) is 17.3. The molecule has 4 heterocycles. The Labute approximate surface area is 456 Å². The number of amides is 4. The van der Waals surface area contributed by atoms with Gasteiger partial charge in [-0.2, -0.15) is 0 Å². The van der Waals surface area contributed by atoms with Crippen molar-refractivity contribution in [1.29, 1.82) is 0 Å². The van der Waals surface area contributed by atoms with Crippen LogP contribution in [0.1, 0.15) is 138 Å². The minimum absolute atomic E-state index is 0.000874. The van der Waals surface area contributed by atoms with Gasteiger partial charge in [-0.25, -0.2) is 5.43 Å². The van der Waals surface area contributed by atoms with Crippen molar-refractivity contribution in [2.75, 3.05) is 6.54 Å². The second kappa shape index (κ2) is 29.0. The molecule has 0 aromatic heterocycles. The number of cyclic esters (lactones) is 1. The molecule has 4 aliphatic heterocycles. The highest BCUT2D eigenvalue weighted by Crippen LogP contribution is 2.39. The summed E-state index contributed by atoms with van der Waals surface area (Å²) >= 11 is 0. The number of hydrazine groups is 1. The van der Waals surface area contributed by atoms with Crippen LogP contribution in [0.4, 0.5) is 0 Å². The highest BCUT2D eigenvalue weighted by atomic mass is 16.5. The number of aromatic hydroxyl groups is 1. The number of nitrogens with zero attached hydrogens (tertiary/aromatic N) is 1. The first-order chi connectivity index (χ1) is 36.4. The SMILES string of the molecule is CC[C@H]1C[C@H](C)[C@@]2(C=C[C@@H](C)[C@H](C[C@H](O)[C@@H](C)CC/C=C/C=C(\C)[C@@H]3C/C=C/C=C/[C@H](O)[C@H](C)[C@@H](O)[C@@H](CCC(C)=O)C(=O)N[C@@H](C(C)C)C(=O)N[C@@H](Cc4ccc(C)c(O)c4)C(=O)N4CCCC(N4)C(=O)O3)O2)NC1=O. The van der Waals surface area contributed by atoms with E-state index in [1.54, 1.807) is 58.1 Å². The third-order valence-electron chi connectivity index (χ3n) is 16.2. The van der Waals surface area contributed by atoms with Gasteiger partial charge < -0.3 is 50.6 Å². The normalized spacial score (nSPS) is 33.1. The van der Waals surface area contributed by atoms with E-state index in [-0.39, 0.29) is 79.4 Å². The van der Waals surface area contributed by atoms with Gasteiger partial charge in [0.15, 0.2) is 5.72 Å². The van der Waals surface area contributed by atoms with E-state index in [1.165, 1.54) is 24.1 Å². The zero-order valence-electron chi connectivity index (χ0n) is 47.1. The van der Waals surface area contributed by atoms with E-state index < -0.39 is 89.7 Å². The van der Waals surface area contributed by atoms with E-state index >= 15 is 0 Å². The van der Waals surface area contributed by atoms with Crippen LogP contribution in [0, 0.1) is 48.3 Å². The van der Waals surface area contributed by atoms with E-state index in [1.807, 2.05) is 45.1 Å². The van der Waals surface area contributed by atoms with Gasteiger partial charge in [0.2, 0.25) is 17.7 Å². The van der Waals surface area contributed by atoms with Gasteiger partial charge in [0.1, 0.15) is 35.8 Å². The molecule has 1 aromatic carbocycles. The molecular formula is C60H89N5O12. The highest BCUT2D eigenvalue weighted by Gasteiger charge is 2.48. The Kier molecular flexibility index (Phi) is 23.5. The fraction of sp³-hybridized carbons (Fsp3) is 0.633. The molecular weight excluding hydrogens is 983 g/mol. The summed E-state index contributed by atoms with van der Waals surface area (Å²) in [4.78, 5) is 82.1. The molecule has 4 aliphatic rings. The standard InChI is InChI=1S/C60H89N5O12/c1-11-44-31-40(8)60(63-55(44)71)29-28-39(7)52(77-60)34-50(69)36(4)19-14-12-15-20-38(6)51-23-17-13-16-22-48(67)42(10)54(70)45(27-25-41(9)66)56(72)62-53(35(2)3)57(73)61-47(32-43-26-24-37(5)49(68)33-43)58(74)65-30-18-21-46(64-65)59(75)76-51/h12-13,15-17,20,22,24,26,28-29,33,35-36,39-40,42,44-48,50-54,64,67-70H,11,14,18-19,21,23,25,27,30-32,34H2,1-10H3,(H,61,73)(H,62,72)(H,63,71)/b15-12+,17-13+,22-16+,38-20+/t36-,39+,40-,42-,44-,45+,46?,47-,48-,50-,51-,52-,53-,54+,60-/m0/s1. The van der Waals surface area contributed by atoms with E-state index in [0.717, 1.165) is 18.4 Å². The second-order valence-corrected chi connectivity index (χ2v) is 22.7. The van der Waals surface area contributed by atoms with Gasteiger partial charge in [-0.3, -0.25) is 29.0 Å². The number of benzene rings is 1. The maximum atomic E-state index is 14.6. The average molecular weight is 1070 g/mol. The summed E-state index contributed by atoms with van der Waals surface area (Å²) in [5.74, 6) is -5.25. The molecule has 1 spiro atoms. The molecule has 15 atom stereocenters. The van der Waals surface area contributed by atoms with Crippen molar-refractivity contribution in [2.45, 2.75) is 194 Å². The minimum Gasteiger partial charge on any atom is -0.508 e. The molecule has 4 amide bonds. The zero-order chi connectivity index (χ0) is 56.7. The number of esters is 1. The van der Waals surface area contributed by atoms with E-state index in [2.05, 4.69) is 41.3 Å². The van der Waals surface area contributed by atoms with Crippen molar-refractivity contribution in [3.8, 4) is 5.75 Å². The molecule has 0 aliphatic carbocycles. The summed E-state index contributed by atoms with van der Waals surface area (Å²) in [7, 11) is 0. The van der Waals surface area contributed by atoms with Gasteiger partial charge in [-0.15, -0.1) is 0 Å². The number of fused-ring (bicyclic) bond motifs is 2. The molecule has 426 valence electrons. The van der Waals surface area contributed by atoms with Crippen LogP contribution < -0.4 is 21.4 Å². The molecule has 5 rings (SSSR count). The number of carbonyl (C=O) groups excluding carboxylic acids is 6. The molecule has 0 radical (unpaired) electrons. The number of aliphatic hydroxyl groups is 3. The topological polar surface area (TPSA) is 253 Å². The highest BCUT2D eigenvalue weighted by molar-refractivity contribution is 5.93. The lowest BCUT2D eigenvalue weighted by atomic mass is 9.78. The Morgan fingerprint density at radius 3 is 2.42 bits per heavy atom. The first-order valence-electron chi connectivity index (χ1n) is 28.0. The van der Waals surface area contributed by atoms with Gasteiger partial charge in [0.25, 0.3) is 5.91 Å². The van der Waals surface area contributed by atoms with Crippen LogP contribution in [0.15, 0.2) is 78.5 Å². The Balaban J connectivity index is 1.35. The quantitative estimate of drug-likeness (QED) is 0.0548. The molecule has 8 N–H and O–H groups in total.